The number of carbonyl (C=O) groups excluding carboxylic acids is 1. The summed E-state index contributed by atoms with van der Waals surface area (Å²) in [4.78, 5) is 27.2. The first kappa shape index (κ1) is 27.4. The van der Waals surface area contributed by atoms with Crippen LogP contribution in [0.25, 0.3) is 0 Å². The SMILES string of the molecule is C=CCNC(=O)c1cnc(Nc2ccc(N3CCNC(C(F)(F)F)C3)c(OC)c2)nc1Nc1cccc(N)n1. The third kappa shape index (κ3) is 6.84. The highest BCUT2D eigenvalue weighted by Gasteiger charge is 2.42. The number of piperazine rings is 1. The van der Waals surface area contributed by atoms with Gasteiger partial charge in [-0.3, -0.25) is 4.79 Å². The molecule has 1 amide bonds. The molecule has 2 aromatic heterocycles. The summed E-state index contributed by atoms with van der Waals surface area (Å²) in [5.41, 5.74) is 6.99. The first-order chi connectivity index (χ1) is 18.7. The van der Waals surface area contributed by atoms with Gasteiger partial charge >= 0.3 is 6.18 Å². The van der Waals surface area contributed by atoms with E-state index < -0.39 is 18.1 Å². The lowest BCUT2D eigenvalue weighted by atomic mass is 10.1. The predicted octanol–water partition coefficient (Wildman–Crippen LogP) is 3.21. The number of amides is 1. The van der Waals surface area contributed by atoms with Crippen molar-refractivity contribution in [3.63, 3.8) is 0 Å². The van der Waals surface area contributed by atoms with Crippen LogP contribution < -0.4 is 36.6 Å². The average Bonchev–Trinajstić information content (AvgIpc) is 2.91. The van der Waals surface area contributed by atoms with E-state index in [1.807, 2.05) is 0 Å². The van der Waals surface area contributed by atoms with E-state index >= 15 is 0 Å². The smallest absolute Gasteiger partial charge is 0.405 e. The van der Waals surface area contributed by atoms with Crippen molar-refractivity contribution in [1.82, 2.24) is 25.6 Å². The fraction of sp³-hybridized carbons (Fsp3) is 0.280. The van der Waals surface area contributed by atoms with Crippen LogP contribution in [0.5, 0.6) is 5.75 Å². The number of nitrogens with two attached hydrogens (primary N) is 1. The molecule has 0 bridgehead atoms. The molecule has 206 valence electrons. The van der Waals surface area contributed by atoms with Gasteiger partial charge in [0.1, 0.15) is 34.8 Å². The number of nitrogens with zero attached hydrogens (tertiary/aromatic N) is 4. The molecule has 14 heteroatoms. The third-order valence-electron chi connectivity index (χ3n) is 5.80. The van der Waals surface area contributed by atoms with Crippen molar-refractivity contribution in [3.05, 3.63) is 60.8 Å². The summed E-state index contributed by atoms with van der Waals surface area (Å²) >= 11 is 0. The molecule has 3 aromatic rings. The summed E-state index contributed by atoms with van der Waals surface area (Å²) in [5, 5.41) is 11.2. The largest absolute Gasteiger partial charge is 0.495 e. The second kappa shape index (κ2) is 11.9. The number of ether oxygens (including phenoxy) is 1. The van der Waals surface area contributed by atoms with E-state index in [4.69, 9.17) is 10.5 Å². The van der Waals surface area contributed by atoms with Gasteiger partial charge in [0.15, 0.2) is 0 Å². The topological polar surface area (TPSA) is 142 Å². The molecule has 0 saturated carbocycles. The first-order valence-electron chi connectivity index (χ1n) is 11.9. The number of alkyl halides is 3. The van der Waals surface area contributed by atoms with E-state index in [9.17, 15) is 18.0 Å². The van der Waals surface area contributed by atoms with Crippen molar-refractivity contribution in [2.45, 2.75) is 12.2 Å². The number of benzene rings is 1. The number of pyridine rings is 1. The minimum Gasteiger partial charge on any atom is -0.495 e. The molecule has 1 aromatic carbocycles. The van der Waals surface area contributed by atoms with Crippen molar-refractivity contribution in [2.24, 2.45) is 0 Å². The van der Waals surface area contributed by atoms with Gasteiger partial charge < -0.3 is 36.6 Å². The average molecular weight is 544 g/mol. The van der Waals surface area contributed by atoms with Gasteiger partial charge in [0.05, 0.1) is 12.8 Å². The molecule has 1 aliphatic heterocycles. The van der Waals surface area contributed by atoms with Gasteiger partial charge in [0.2, 0.25) is 5.95 Å². The number of nitrogens with one attached hydrogen (secondary N) is 4. The molecule has 1 aliphatic rings. The van der Waals surface area contributed by atoms with Crippen LogP contribution in [0.4, 0.5) is 47.9 Å². The van der Waals surface area contributed by atoms with Crippen molar-refractivity contribution in [3.8, 4) is 5.75 Å². The summed E-state index contributed by atoms with van der Waals surface area (Å²) in [6.45, 7) is 4.18. The molecule has 3 heterocycles. The van der Waals surface area contributed by atoms with E-state index in [0.717, 1.165) is 0 Å². The molecule has 11 nitrogen and oxygen atoms in total. The Hall–Kier alpha value is -4.59. The van der Waals surface area contributed by atoms with Crippen molar-refractivity contribution >= 4 is 40.7 Å². The lowest BCUT2D eigenvalue weighted by Crippen LogP contribution is -2.57. The molecule has 1 unspecified atom stereocenters. The number of nitrogen functional groups attached to an aromatic ring is 1. The summed E-state index contributed by atoms with van der Waals surface area (Å²) in [5.74, 6) is 0.933. The second-order valence-corrected chi connectivity index (χ2v) is 8.53. The highest BCUT2D eigenvalue weighted by molar-refractivity contribution is 5.99. The maximum atomic E-state index is 13.3. The zero-order valence-electron chi connectivity index (χ0n) is 21.0. The Morgan fingerprint density at radius 2 is 2.10 bits per heavy atom. The Labute approximate surface area is 222 Å². The van der Waals surface area contributed by atoms with Crippen molar-refractivity contribution in [2.75, 3.05) is 54.6 Å². The van der Waals surface area contributed by atoms with Crippen LogP contribution in [0.3, 0.4) is 0 Å². The molecule has 1 saturated heterocycles. The van der Waals surface area contributed by atoms with Gasteiger partial charge in [-0.2, -0.15) is 18.2 Å². The molecular weight excluding hydrogens is 515 g/mol. The van der Waals surface area contributed by atoms with E-state index in [1.165, 1.54) is 13.3 Å². The number of hydrogen-bond donors (Lipinski definition) is 5. The van der Waals surface area contributed by atoms with E-state index in [0.29, 0.717) is 29.5 Å². The Bertz CT molecular complexity index is 1340. The van der Waals surface area contributed by atoms with E-state index in [1.54, 1.807) is 47.4 Å². The maximum absolute atomic E-state index is 13.3. The summed E-state index contributed by atoms with van der Waals surface area (Å²) in [6, 6.07) is 8.35. The number of anilines is 6. The van der Waals surface area contributed by atoms with Gasteiger partial charge in [-0.15, -0.1) is 6.58 Å². The van der Waals surface area contributed by atoms with E-state index in [2.05, 4.69) is 42.8 Å². The molecule has 0 aliphatic carbocycles. The van der Waals surface area contributed by atoms with Crippen LogP contribution in [-0.4, -0.2) is 66.4 Å². The van der Waals surface area contributed by atoms with Crippen LogP contribution in [0.15, 0.2) is 55.3 Å². The van der Waals surface area contributed by atoms with Crippen LogP contribution in [0, 0.1) is 0 Å². The van der Waals surface area contributed by atoms with Crippen LogP contribution in [0.2, 0.25) is 0 Å². The van der Waals surface area contributed by atoms with Crippen LogP contribution >= 0.6 is 0 Å². The quantitative estimate of drug-likeness (QED) is 0.255. The highest BCUT2D eigenvalue weighted by atomic mass is 19.4. The zero-order valence-corrected chi connectivity index (χ0v) is 21.0. The highest BCUT2D eigenvalue weighted by Crippen LogP contribution is 2.34. The number of rotatable bonds is 9. The normalized spacial score (nSPS) is 15.4. The Morgan fingerprint density at radius 1 is 1.28 bits per heavy atom. The van der Waals surface area contributed by atoms with Gasteiger partial charge in [0.25, 0.3) is 5.91 Å². The first-order valence-corrected chi connectivity index (χ1v) is 11.9. The maximum Gasteiger partial charge on any atom is 0.405 e. The number of methoxy groups -OCH3 is 1. The van der Waals surface area contributed by atoms with Crippen molar-refractivity contribution < 1.29 is 22.7 Å². The third-order valence-corrected chi connectivity index (χ3v) is 5.80. The van der Waals surface area contributed by atoms with Gasteiger partial charge in [-0.25, -0.2) is 9.97 Å². The molecule has 4 rings (SSSR count). The molecular formula is C25H28F3N9O2. The predicted molar refractivity (Wildman–Crippen MR) is 143 cm³/mol. The van der Waals surface area contributed by atoms with Gasteiger partial charge in [-0.1, -0.05) is 12.1 Å². The molecule has 0 radical (unpaired) electrons. The molecule has 39 heavy (non-hydrogen) atoms. The number of hydrogen-bond acceptors (Lipinski definition) is 10. The second-order valence-electron chi connectivity index (χ2n) is 8.53. The number of aromatic nitrogens is 3. The van der Waals surface area contributed by atoms with Crippen molar-refractivity contribution in [1.29, 1.82) is 0 Å². The summed E-state index contributed by atoms with van der Waals surface area (Å²) < 4.78 is 45.3. The zero-order chi connectivity index (χ0) is 28.0. The minimum absolute atomic E-state index is 0.149. The summed E-state index contributed by atoms with van der Waals surface area (Å²) in [7, 11) is 1.44. The lowest BCUT2D eigenvalue weighted by Gasteiger charge is -2.36. The van der Waals surface area contributed by atoms with Gasteiger partial charge in [0, 0.05) is 44.1 Å². The molecule has 1 atom stereocenters. The standard InChI is InChI=1S/C25H28F3N9O2/c1-3-9-31-23(38)16-13-32-24(36-22(16)35-21-6-4-5-20(29)34-21)33-15-7-8-17(18(12-15)39-2)37-11-10-30-19(14-37)25(26,27)28/h3-8,12-13,19,30H,1,9-11,14H2,2H3,(H,31,38)(H4,29,32,33,34,35,36). The lowest BCUT2D eigenvalue weighted by molar-refractivity contribution is -0.155. The molecule has 0 spiro atoms. The Morgan fingerprint density at radius 3 is 2.82 bits per heavy atom. The molecule has 1 fully saturated rings. The molecule has 6 N–H and O–H groups in total. The van der Waals surface area contributed by atoms with Crippen LogP contribution in [0.1, 0.15) is 10.4 Å². The fourth-order valence-corrected chi connectivity index (χ4v) is 3.94. The van der Waals surface area contributed by atoms with Crippen LogP contribution in [-0.2, 0) is 0 Å². The number of carbonyl (C=O) groups is 1. The van der Waals surface area contributed by atoms with Gasteiger partial charge in [-0.05, 0) is 24.3 Å². The minimum atomic E-state index is -4.35. The summed E-state index contributed by atoms with van der Waals surface area (Å²) in [6.07, 6.45) is -1.46. The number of halogens is 3. The fourth-order valence-electron chi connectivity index (χ4n) is 3.94. The Kier molecular flexibility index (Phi) is 8.34. The van der Waals surface area contributed by atoms with E-state index in [-0.39, 0.29) is 42.8 Å². The monoisotopic (exact) mass is 543 g/mol. The Balaban J connectivity index is 1.59.